The third kappa shape index (κ3) is 3.44. The lowest BCUT2D eigenvalue weighted by molar-refractivity contribution is 0.0736. The lowest BCUT2D eigenvalue weighted by atomic mass is 10.1. The van der Waals surface area contributed by atoms with E-state index in [-0.39, 0.29) is 16.8 Å². The molecule has 6 heteroatoms. The highest BCUT2D eigenvalue weighted by molar-refractivity contribution is 7.90. The summed E-state index contributed by atoms with van der Waals surface area (Å²) in [6, 6.07) is 4.94. The average molecular weight is 310 g/mol. The van der Waals surface area contributed by atoms with Gasteiger partial charge in [0, 0.05) is 31.0 Å². The molecule has 21 heavy (non-hydrogen) atoms. The van der Waals surface area contributed by atoms with E-state index in [0.717, 1.165) is 37.8 Å². The van der Waals surface area contributed by atoms with Gasteiger partial charge in [-0.15, -0.1) is 0 Å². The molecule has 1 aromatic rings. The SMILES string of the molecule is CNCC1CCCN1C(=O)c1cc(S(C)(=O)=O)ccc1C. The van der Waals surface area contributed by atoms with Crippen LogP contribution in [0, 0.1) is 6.92 Å². The van der Waals surface area contributed by atoms with Crippen molar-refractivity contribution in [2.24, 2.45) is 0 Å². The van der Waals surface area contributed by atoms with Crippen LogP contribution in [0.4, 0.5) is 0 Å². The van der Waals surface area contributed by atoms with Crippen molar-refractivity contribution in [3.63, 3.8) is 0 Å². The van der Waals surface area contributed by atoms with Crippen LogP contribution in [0.3, 0.4) is 0 Å². The summed E-state index contributed by atoms with van der Waals surface area (Å²) in [7, 11) is -1.43. The first-order valence-electron chi connectivity index (χ1n) is 7.11. The fraction of sp³-hybridized carbons (Fsp3) is 0.533. The largest absolute Gasteiger partial charge is 0.334 e. The first-order valence-corrected chi connectivity index (χ1v) is 9.00. The second-order valence-corrected chi connectivity index (χ2v) is 7.62. The molecule has 1 atom stereocenters. The van der Waals surface area contributed by atoms with Gasteiger partial charge in [0.05, 0.1) is 4.90 Å². The Kier molecular flexibility index (Phi) is 4.68. The van der Waals surface area contributed by atoms with Gasteiger partial charge in [-0.1, -0.05) is 6.07 Å². The van der Waals surface area contributed by atoms with Crippen molar-refractivity contribution >= 4 is 15.7 Å². The zero-order valence-electron chi connectivity index (χ0n) is 12.7. The van der Waals surface area contributed by atoms with Crippen LogP contribution in [0.1, 0.15) is 28.8 Å². The number of likely N-dealkylation sites (tertiary alicyclic amines) is 1. The van der Waals surface area contributed by atoms with Gasteiger partial charge in [-0.2, -0.15) is 0 Å². The first kappa shape index (κ1) is 16.0. The van der Waals surface area contributed by atoms with E-state index >= 15 is 0 Å². The maximum atomic E-state index is 12.7. The summed E-state index contributed by atoms with van der Waals surface area (Å²) >= 11 is 0. The summed E-state index contributed by atoms with van der Waals surface area (Å²) < 4.78 is 23.3. The Balaban J connectivity index is 2.34. The minimum absolute atomic E-state index is 0.0734. The van der Waals surface area contributed by atoms with E-state index in [1.807, 2.05) is 18.9 Å². The van der Waals surface area contributed by atoms with Crippen molar-refractivity contribution < 1.29 is 13.2 Å². The number of nitrogens with one attached hydrogen (secondary N) is 1. The summed E-state index contributed by atoms with van der Waals surface area (Å²) in [6.07, 6.45) is 3.13. The van der Waals surface area contributed by atoms with E-state index in [4.69, 9.17) is 0 Å². The second kappa shape index (κ2) is 6.15. The molecule has 1 aromatic carbocycles. The smallest absolute Gasteiger partial charge is 0.254 e. The maximum absolute atomic E-state index is 12.7. The van der Waals surface area contributed by atoms with Gasteiger partial charge in [-0.3, -0.25) is 4.79 Å². The number of hydrogen-bond acceptors (Lipinski definition) is 4. The summed E-state index contributed by atoms with van der Waals surface area (Å²) in [5.41, 5.74) is 1.29. The van der Waals surface area contributed by atoms with Crippen molar-refractivity contribution in [3.05, 3.63) is 29.3 Å². The number of aryl methyl sites for hydroxylation is 1. The van der Waals surface area contributed by atoms with E-state index in [0.29, 0.717) is 5.56 Å². The number of likely N-dealkylation sites (N-methyl/N-ethyl adjacent to an activating group) is 1. The van der Waals surface area contributed by atoms with E-state index in [1.165, 1.54) is 6.07 Å². The van der Waals surface area contributed by atoms with Gasteiger partial charge < -0.3 is 10.2 Å². The Morgan fingerprint density at radius 2 is 2.14 bits per heavy atom. The molecule has 2 rings (SSSR count). The molecule has 1 unspecified atom stereocenters. The van der Waals surface area contributed by atoms with E-state index in [2.05, 4.69) is 5.32 Å². The molecule has 1 aliphatic rings. The molecule has 1 fully saturated rings. The molecule has 1 heterocycles. The zero-order chi connectivity index (χ0) is 15.6. The van der Waals surface area contributed by atoms with Gasteiger partial charge in [0.15, 0.2) is 9.84 Å². The molecule has 0 aliphatic carbocycles. The van der Waals surface area contributed by atoms with Crippen molar-refractivity contribution in [1.29, 1.82) is 0 Å². The number of benzene rings is 1. The number of rotatable bonds is 4. The first-order chi connectivity index (χ1) is 9.84. The number of sulfone groups is 1. The summed E-state index contributed by atoms with van der Waals surface area (Å²) in [6.45, 7) is 3.33. The zero-order valence-corrected chi connectivity index (χ0v) is 13.5. The third-order valence-corrected chi connectivity index (χ3v) is 5.06. The highest BCUT2D eigenvalue weighted by atomic mass is 32.2. The summed E-state index contributed by atoms with van der Waals surface area (Å²) in [5, 5.41) is 3.11. The van der Waals surface area contributed by atoms with Crippen LogP contribution in [0.2, 0.25) is 0 Å². The van der Waals surface area contributed by atoms with Gasteiger partial charge in [0.1, 0.15) is 0 Å². The van der Waals surface area contributed by atoms with Crippen LogP contribution in [0.25, 0.3) is 0 Å². The Morgan fingerprint density at radius 1 is 1.43 bits per heavy atom. The Morgan fingerprint density at radius 3 is 2.76 bits per heavy atom. The molecular formula is C15H22N2O3S. The Bertz CT molecular complexity index is 640. The lowest BCUT2D eigenvalue weighted by Gasteiger charge is -2.25. The minimum atomic E-state index is -3.31. The van der Waals surface area contributed by atoms with Crippen LogP contribution in [0.5, 0.6) is 0 Å². The molecule has 1 saturated heterocycles. The summed E-state index contributed by atoms with van der Waals surface area (Å²) in [4.78, 5) is 14.8. The number of hydrogen-bond donors (Lipinski definition) is 1. The number of carbonyl (C=O) groups is 1. The molecule has 0 radical (unpaired) electrons. The van der Waals surface area contributed by atoms with Crippen LogP contribution in [-0.4, -0.2) is 51.7 Å². The van der Waals surface area contributed by atoms with E-state index in [9.17, 15) is 13.2 Å². The maximum Gasteiger partial charge on any atom is 0.254 e. The predicted molar refractivity (Wildman–Crippen MR) is 82.3 cm³/mol. The molecule has 1 N–H and O–H groups in total. The van der Waals surface area contributed by atoms with Gasteiger partial charge >= 0.3 is 0 Å². The minimum Gasteiger partial charge on any atom is -0.334 e. The molecule has 0 bridgehead atoms. The molecule has 1 aliphatic heterocycles. The topological polar surface area (TPSA) is 66.5 Å². The van der Waals surface area contributed by atoms with Gasteiger partial charge in [0.25, 0.3) is 5.91 Å². The molecular weight excluding hydrogens is 288 g/mol. The fourth-order valence-corrected chi connectivity index (χ4v) is 3.41. The normalized spacial score (nSPS) is 19.0. The van der Waals surface area contributed by atoms with Gasteiger partial charge in [0.2, 0.25) is 0 Å². The second-order valence-electron chi connectivity index (χ2n) is 5.60. The van der Waals surface area contributed by atoms with Crippen LogP contribution >= 0.6 is 0 Å². The van der Waals surface area contributed by atoms with E-state index < -0.39 is 9.84 Å². The van der Waals surface area contributed by atoms with E-state index in [1.54, 1.807) is 12.1 Å². The lowest BCUT2D eigenvalue weighted by Crippen LogP contribution is -2.41. The standard InChI is InChI=1S/C15H22N2O3S/c1-11-6-7-13(21(3,19)20)9-14(11)15(18)17-8-4-5-12(17)10-16-2/h6-7,9,12,16H,4-5,8,10H2,1-3H3. The van der Waals surface area contributed by atoms with Crippen LogP contribution < -0.4 is 5.32 Å². The van der Waals surface area contributed by atoms with Gasteiger partial charge in [-0.05, 0) is 44.5 Å². The molecule has 116 valence electrons. The van der Waals surface area contributed by atoms with Crippen molar-refractivity contribution in [2.45, 2.75) is 30.7 Å². The monoisotopic (exact) mass is 310 g/mol. The molecule has 1 amide bonds. The molecule has 0 aromatic heterocycles. The van der Waals surface area contributed by atoms with Gasteiger partial charge in [-0.25, -0.2) is 8.42 Å². The quantitative estimate of drug-likeness (QED) is 0.908. The highest BCUT2D eigenvalue weighted by Crippen LogP contribution is 2.23. The predicted octanol–water partition coefficient (Wildman–Crippen LogP) is 1.22. The number of amides is 1. The molecule has 0 saturated carbocycles. The summed E-state index contributed by atoms with van der Waals surface area (Å²) in [5.74, 6) is -0.0734. The number of carbonyl (C=O) groups excluding carboxylic acids is 1. The Hall–Kier alpha value is -1.40. The van der Waals surface area contributed by atoms with Crippen molar-refractivity contribution in [2.75, 3.05) is 26.4 Å². The molecule has 5 nitrogen and oxygen atoms in total. The van der Waals surface area contributed by atoms with Crippen molar-refractivity contribution in [1.82, 2.24) is 10.2 Å². The number of nitrogens with zero attached hydrogens (tertiary/aromatic N) is 1. The third-order valence-electron chi connectivity index (χ3n) is 3.95. The Labute approximate surface area is 126 Å². The van der Waals surface area contributed by atoms with Crippen molar-refractivity contribution in [3.8, 4) is 0 Å². The molecule has 0 spiro atoms. The van der Waals surface area contributed by atoms with Crippen LogP contribution in [0.15, 0.2) is 23.1 Å². The van der Waals surface area contributed by atoms with Crippen LogP contribution in [-0.2, 0) is 9.84 Å². The fourth-order valence-electron chi connectivity index (χ4n) is 2.77. The highest BCUT2D eigenvalue weighted by Gasteiger charge is 2.29. The average Bonchev–Trinajstić information content (AvgIpc) is 2.86.